The van der Waals surface area contributed by atoms with E-state index in [4.69, 9.17) is 14.5 Å². The van der Waals surface area contributed by atoms with Crippen molar-refractivity contribution in [2.45, 2.75) is 51.0 Å². The van der Waals surface area contributed by atoms with Crippen molar-refractivity contribution < 1.29 is 14.3 Å². The lowest BCUT2D eigenvalue weighted by Crippen LogP contribution is -2.44. The summed E-state index contributed by atoms with van der Waals surface area (Å²) in [5.41, 5.74) is 2.25. The Labute approximate surface area is 164 Å². The quantitative estimate of drug-likeness (QED) is 0.762. The first kappa shape index (κ1) is 19.8. The van der Waals surface area contributed by atoms with Crippen molar-refractivity contribution >= 4 is 17.6 Å². The summed E-state index contributed by atoms with van der Waals surface area (Å²) < 4.78 is 10.4. The Morgan fingerprint density at radius 1 is 1.29 bits per heavy atom. The van der Waals surface area contributed by atoms with Gasteiger partial charge in [-0.2, -0.15) is 10.4 Å². The minimum Gasteiger partial charge on any atom is -0.467 e. The molecular formula is C20H25N5O3. The van der Waals surface area contributed by atoms with Gasteiger partial charge in [-0.25, -0.2) is 9.78 Å². The third-order valence-electron chi connectivity index (χ3n) is 5.45. The topological polar surface area (TPSA) is 113 Å². The first-order valence-electron chi connectivity index (χ1n) is 9.26. The van der Waals surface area contributed by atoms with E-state index >= 15 is 0 Å². The normalized spacial score (nSPS) is 21.8. The number of rotatable bonds is 5. The standard InChI is InChI=1S/C20H25N5O3/c1-12-9-16(22-17-10-13(2)24-25-17)23-18(15(12)11-21)14-5-7-20(28-4,8-6-14)19(26)27-3/h9-10,14H,5-8H2,1-4H3,(H2,22,23,24,25). The fourth-order valence-corrected chi connectivity index (χ4v) is 3.85. The Hall–Kier alpha value is -2.92. The first-order chi connectivity index (χ1) is 13.4. The van der Waals surface area contributed by atoms with Crippen LogP contribution in [0.15, 0.2) is 12.1 Å². The van der Waals surface area contributed by atoms with E-state index in [1.54, 1.807) is 0 Å². The second-order valence-corrected chi connectivity index (χ2v) is 7.22. The van der Waals surface area contributed by atoms with Crippen molar-refractivity contribution in [3.05, 3.63) is 34.6 Å². The molecule has 0 aromatic carbocycles. The van der Waals surface area contributed by atoms with Crippen molar-refractivity contribution in [3.8, 4) is 6.07 Å². The number of H-pyrrole nitrogens is 1. The molecule has 0 saturated heterocycles. The van der Waals surface area contributed by atoms with E-state index < -0.39 is 5.60 Å². The molecule has 148 valence electrons. The number of aromatic nitrogens is 3. The lowest BCUT2D eigenvalue weighted by Gasteiger charge is -2.36. The number of nitrogens with one attached hydrogen (secondary N) is 2. The van der Waals surface area contributed by atoms with Crippen LogP contribution in [0.1, 0.15) is 54.1 Å². The van der Waals surface area contributed by atoms with Crippen LogP contribution in [0.25, 0.3) is 0 Å². The number of hydrogen-bond acceptors (Lipinski definition) is 7. The molecular weight excluding hydrogens is 358 g/mol. The minimum atomic E-state index is -0.907. The number of ether oxygens (including phenoxy) is 2. The Kier molecular flexibility index (Phi) is 5.66. The molecule has 2 N–H and O–H groups in total. The molecule has 3 rings (SSSR count). The molecule has 1 aliphatic carbocycles. The van der Waals surface area contributed by atoms with Crippen LogP contribution in [-0.4, -0.2) is 41.0 Å². The fraction of sp³-hybridized carbons (Fsp3) is 0.500. The molecule has 0 aliphatic heterocycles. The van der Waals surface area contributed by atoms with Gasteiger partial charge >= 0.3 is 5.97 Å². The van der Waals surface area contributed by atoms with Crippen LogP contribution >= 0.6 is 0 Å². The van der Waals surface area contributed by atoms with Crippen LogP contribution in [-0.2, 0) is 14.3 Å². The number of pyridine rings is 1. The first-order valence-corrected chi connectivity index (χ1v) is 9.26. The fourth-order valence-electron chi connectivity index (χ4n) is 3.85. The number of hydrogen-bond donors (Lipinski definition) is 2. The lowest BCUT2D eigenvalue weighted by molar-refractivity contribution is -0.170. The molecule has 0 bridgehead atoms. The number of nitrogens with zero attached hydrogens (tertiary/aromatic N) is 3. The van der Waals surface area contributed by atoms with Gasteiger partial charge in [-0.3, -0.25) is 5.10 Å². The lowest BCUT2D eigenvalue weighted by atomic mass is 9.76. The molecule has 2 aromatic rings. The van der Waals surface area contributed by atoms with Gasteiger partial charge < -0.3 is 14.8 Å². The number of aromatic amines is 1. The van der Waals surface area contributed by atoms with Crippen LogP contribution in [0.4, 0.5) is 11.6 Å². The van der Waals surface area contributed by atoms with E-state index in [0.717, 1.165) is 17.0 Å². The number of anilines is 2. The second-order valence-electron chi connectivity index (χ2n) is 7.22. The highest BCUT2D eigenvalue weighted by Gasteiger charge is 2.44. The predicted octanol–water partition coefficient (Wildman–Crippen LogP) is 3.25. The van der Waals surface area contributed by atoms with Gasteiger partial charge in [-0.1, -0.05) is 0 Å². The van der Waals surface area contributed by atoms with E-state index in [2.05, 4.69) is 21.6 Å². The maximum atomic E-state index is 12.2. The Morgan fingerprint density at radius 3 is 2.54 bits per heavy atom. The third-order valence-corrected chi connectivity index (χ3v) is 5.45. The molecule has 2 aromatic heterocycles. The number of nitriles is 1. The largest absolute Gasteiger partial charge is 0.467 e. The van der Waals surface area contributed by atoms with Gasteiger partial charge in [0, 0.05) is 24.8 Å². The monoisotopic (exact) mass is 383 g/mol. The number of carbonyl (C=O) groups is 1. The maximum Gasteiger partial charge on any atom is 0.338 e. The van der Waals surface area contributed by atoms with Gasteiger partial charge in [0.2, 0.25) is 0 Å². The highest BCUT2D eigenvalue weighted by atomic mass is 16.6. The van der Waals surface area contributed by atoms with E-state index in [1.165, 1.54) is 14.2 Å². The van der Waals surface area contributed by atoms with Crippen LogP contribution in [0.2, 0.25) is 0 Å². The summed E-state index contributed by atoms with van der Waals surface area (Å²) >= 11 is 0. The summed E-state index contributed by atoms with van der Waals surface area (Å²) in [6, 6.07) is 6.03. The Bertz CT molecular complexity index is 907. The van der Waals surface area contributed by atoms with Crippen molar-refractivity contribution in [2.24, 2.45) is 0 Å². The second kappa shape index (κ2) is 7.98. The third kappa shape index (κ3) is 3.71. The van der Waals surface area contributed by atoms with Crippen molar-refractivity contribution in [3.63, 3.8) is 0 Å². The van der Waals surface area contributed by atoms with Crippen LogP contribution < -0.4 is 5.32 Å². The number of aryl methyl sites for hydroxylation is 2. The Morgan fingerprint density at radius 2 is 2.00 bits per heavy atom. The van der Waals surface area contributed by atoms with E-state index in [9.17, 15) is 10.1 Å². The molecule has 0 amide bonds. The van der Waals surface area contributed by atoms with E-state index in [-0.39, 0.29) is 11.9 Å². The molecule has 28 heavy (non-hydrogen) atoms. The molecule has 1 fully saturated rings. The molecule has 0 atom stereocenters. The molecule has 2 heterocycles. The molecule has 0 spiro atoms. The summed E-state index contributed by atoms with van der Waals surface area (Å²) in [7, 11) is 2.91. The molecule has 1 saturated carbocycles. The van der Waals surface area contributed by atoms with E-state index in [1.807, 2.05) is 26.0 Å². The van der Waals surface area contributed by atoms with Crippen molar-refractivity contribution in [1.82, 2.24) is 15.2 Å². The Balaban J connectivity index is 1.87. The number of esters is 1. The predicted molar refractivity (Wildman–Crippen MR) is 103 cm³/mol. The number of carbonyl (C=O) groups excluding carboxylic acids is 1. The average molecular weight is 383 g/mol. The van der Waals surface area contributed by atoms with Crippen LogP contribution in [0.3, 0.4) is 0 Å². The van der Waals surface area contributed by atoms with Crippen molar-refractivity contribution in [1.29, 1.82) is 5.26 Å². The summed E-state index contributed by atoms with van der Waals surface area (Å²) in [5.74, 6) is 1.05. The summed E-state index contributed by atoms with van der Waals surface area (Å²) in [4.78, 5) is 16.9. The highest BCUT2D eigenvalue weighted by Crippen LogP contribution is 2.41. The molecule has 8 nitrogen and oxygen atoms in total. The number of methoxy groups -OCH3 is 2. The van der Waals surface area contributed by atoms with Gasteiger partial charge in [0.05, 0.1) is 18.4 Å². The van der Waals surface area contributed by atoms with Crippen LogP contribution in [0, 0.1) is 25.2 Å². The van der Waals surface area contributed by atoms with Gasteiger partial charge in [-0.05, 0) is 51.2 Å². The van der Waals surface area contributed by atoms with Gasteiger partial charge in [0.15, 0.2) is 11.4 Å². The zero-order valence-electron chi connectivity index (χ0n) is 16.6. The van der Waals surface area contributed by atoms with E-state index in [0.29, 0.717) is 42.9 Å². The van der Waals surface area contributed by atoms with Crippen molar-refractivity contribution in [2.75, 3.05) is 19.5 Å². The van der Waals surface area contributed by atoms with Crippen LogP contribution in [0.5, 0.6) is 0 Å². The molecule has 8 heteroatoms. The highest BCUT2D eigenvalue weighted by molar-refractivity contribution is 5.79. The summed E-state index contributed by atoms with van der Waals surface area (Å²) in [6.45, 7) is 3.83. The molecule has 0 unspecified atom stereocenters. The summed E-state index contributed by atoms with van der Waals surface area (Å²) in [6.07, 6.45) is 2.44. The molecule has 1 aliphatic rings. The smallest absolute Gasteiger partial charge is 0.338 e. The average Bonchev–Trinajstić information content (AvgIpc) is 3.11. The maximum absolute atomic E-state index is 12.2. The van der Waals surface area contributed by atoms with Gasteiger partial charge in [0.1, 0.15) is 11.9 Å². The zero-order valence-corrected chi connectivity index (χ0v) is 16.6. The SMILES string of the molecule is COC(=O)C1(OC)CCC(c2nc(Nc3cc(C)[nH]n3)cc(C)c2C#N)CC1. The van der Waals surface area contributed by atoms with Gasteiger partial charge in [0.25, 0.3) is 0 Å². The zero-order chi connectivity index (χ0) is 20.3. The summed E-state index contributed by atoms with van der Waals surface area (Å²) in [5, 5.41) is 19.9. The van der Waals surface area contributed by atoms with Gasteiger partial charge in [-0.15, -0.1) is 0 Å². The molecule has 0 radical (unpaired) electrons. The minimum absolute atomic E-state index is 0.0731.